The normalized spacial score (nSPS) is 12.4. The summed E-state index contributed by atoms with van der Waals surface area (Å²) in [7, 11) is 3.95. The van der Waals surface area contributed by atoms with Crippen molar-refractivity contribution >= 4 is 5.97 Å². The van der Waals surface area contributed by atoms with E-state index in [1.807, 2.05) is 44.4 Å². The molecule has 1 aromatic carbocycles. The van der Waals surface area contributed by atoms with Crippen molar-refractivity contribution in [2.45, 2.75) is 6.04 Å². The van der Waals surface area contributed by atoms with Crippen molar-refractivity contribution in [1.82, 2.24) is 9.88 Å². The van der Waals surface area contributed by atoms with E-state index in [-0.39, 0.29) is 6.04 Å². The molecule has 0 fully saturated rings. The highest BCUT2D eigenvalue weighted by atomic mass is 16.4. The number of nitrogens with zero attached hydrogens (tertiary/aromatic N) is 2. The summed E-state index contributed by atoms with van der Waals surface area (Å²) in [6.07, 6.45) is 1.76. The maximum Gasteiger partial charge on any atom is 0.335 e. The van der Waals surface area contributed by atoms with Crippen LogP contribution in [0.25, 0.3) is 0 Å². The number of aromatic carboxylic acids is 1. The van der Waals surface area contributed by atoms with E-state index < -0.39 is 5.97 Å². The topological polar surface area (TPSA) is 53.4 Å². The minimum absolute atomic E-state index is 0.0176. The molecule has 0 bridgehead atoms. The molecule has 1 unspecified atom stereocenters. The molecule has 4 nitrogen and oxygen atoms in total. The number of rotatable bonds is 4. The molecule has 1 aromatic heterocycles. The Morgan fingerprint density at radius 1 is 1.16 bits per heavy atom. The van der Waals surface area contributed by atoms with E-state index in [1.165, 1.54) is 0 Å². The standard InChI is InChI=1S/C15H16N2O2/c1-17(2)14(13-5-3-4-10-16-13)11-6-8-12(9-7-11)15(18)19/h3-10,14H,1-2H3,(H,18,19). The largest absolute Gasteiger partial charge is 0.478 e. The summed E-state index contributed by atoms with van der Waals surface area (Å²) < 4.78 is 0. The summed E-state index contributed by atoms with van der Waals surface area (Å²) in [6.45, 7) is 0. The summed E-state index contributed by atoms with van der Waals surface area (Å²) in [4.78, 5) is 17.3. The van der Waals surface area contributed by atoms with Gasteiger partial charge in [0.1, 0.15) is 0 Å². The molecule has 0 radical (unpaired) electrons. The van der Waals surface area contributed by atoms with Crippen LogP contribution < -0.4 is 0 Å². The van der Waals surface area contributed by atoms with Gasteiger partial charge in [-0.25, -0.2) is 4.79 Å². The number of carbonyl (C=O) groups is 1. The van der Waals surface area contributed by atoms with Gasteiger partial charge in [0.2, 0.25) is 0 Å². The zero-order valence-corrected chi connectivity index (χ0v) is 10.9. The second kappa shape index (κ2) is 5.63. The number of pyridine rings is 1. The van der Waals surface area contributed by atoms with Crippen molar-refractivity contribution in [3.8, 4) is 0 Å². The lowest BCUT2D eigenvalue weighted by atomic mass is 10.0. The van der Waals surface area contributed by atoms with Crippen molar-refractivity contribution in [1.29, 1.82) is 0 Å². The SMILES string of the molecule is CN(C)C(c1ccc(C(=O)O)cc1)c1ccccn1. The highest BCUT2D eigenvalue weighted by Crippen LogP contribution is 2.25. The van der Waals surface area contributed by atoms with Crippen LogP contribution in [-0.2, 0) is 0 Å². The first-order valence-corrected chi connectivity index (χ1v) is 6.00. The fourth-order valence-electron chi connectivity index (χ4n) is 2.08. The van der Waals surface area contributed by atoms with Gasteiger partial charge in [-0.15, -0.1) is 0 Å². The molecule has 0 aliphatic carbocycles. The van der Waals surface area contributed by atoms with Crippen LogP contribution in [0.2, 0.25) is 0 Å². The summed E-state index contributed by atoms with van der Waals surface area (Å²) in [5.41, 5.74) is 2.26. The Kier molecular flexibility index (Phi) is 3.92. The van der Waals surface area contributed by atoms with Gasteiger partial charge in [-0.2, -0.15) is 0 Å². The molecule has 2 rings (SSSR count). The first kappa shape index (κ1) is 13.2. The number of hydrogen-bond acceptors (Lipinski definition) is 3. The molecule has 0 saturated heterocycles. The fraction of sp³-hybridized carbons (Fsp3) is 0.200. The van der Waals surface area contributed by atoms with E-state index in [4.69, 9.17) is 5.11 Å². The van der Waals surface area contributed by atoms with Crippen LogP contribution in [0.15, 0.2) is 48.7 Å². The van der Waals surface area contributed by atoms with Crippen LogP contribution in [0.5, 0.6) is 0 Å². The van der Waals surface area contributed by atoms with E-state index in [0.717, 1.165) is 11.3 Å². The third kappa shape index (κ3) is 2.98. The van der Waals surface area contributed by atoms with Gasteiger partial charge in [0.05, 0.1) is 17.3 Å². The van der Waals surface area contributed by atoms with E-state index in [1.54, 1.807) is 18.3 Å². The highest BCUT2D eigenvalue weighted by molar-refractivity contribution is 5.87. The second-order valence-corrected chi connectivity index (χ2v) is 4.55. The third-order valence-corrected chi connectivity index (χ3v) is 2.96. The fourth-order valence-corrected chi connectivity index (χ4v) is 2.08. The molecular formula is C15H16N2O2. The van der Waals surface area contributed by atoms with Crippen LogP contribution in [0, 0.1) is 0 Å². The van der Waals surface area contributed by atoms with Crippen molar-refractivity contribution in [2.75, 3.05) is 14.1 Å². The minimum Gasteiger partial charge on any atom is -0.478 e. The minimum atomic E-state index is -0.911. The Hall–Kier alpha value is -2.20. The van der Waals surface area contributed by atoms with Gasteiger partial charge in [0, 0.05) is 6.20 Å². The average molecular weight is 256 g/mol. The maximum absolute atomic E-state index is 10.9. The number of carboxylic acids is 1. The monoisotopic (exact) mass is 256 g/mol. The zero-order chi connectivity index (χ0) is 13.8. The summed E-state index contributed by atoms with van der Waals surface area (Å²) >= 11 is 0. The van der Waals surface area contributed by atoms with Crippen LogP contribution >= 0.6 is 0 Å². The number of carboxylic acid groups (broad SMARTS) is 1. The van der Waals surface area contributed by atoms with Gasteiger partial charge in [-0.1, -0.05) is 18.2 Å². The number of aromatic nitrogens is 1. The zero-order valence-electron chi connectivity index (χ0n) is 10.9. The second-order valence-electron chi connectivity index (χ2n) is 4.55. The lowest BCUT2D eigenvalue weighted by Gasteiger charge is -2.24. The first-order chi connectivity index (χ1) is 9.09. The maximum atomic E-state index is 10.9. The average Bonchev–Trinajstić information content (AvgIpc) is 2.40. The van der Waals surface area contributed by atoms with Crippen molar-refractivity contribution in [3.63, 3.8) is 0 Å². The molecule has 0 saturated carbocycles. The quantitative estimate of drug-likeness (QED) is 0.912. The molecule has 1 heterocycles. The molecule has 0 aliphatic heterocycles. The molecular weight excluding hydrogens is 240 g/mol. The summed E-state index contributed by atoms with van der Waals surface area (Å²) in [5, 5.41) is 8.92. The Morgan fingerprint density at radius 2 is 1.84 bits per heavy atom. The lowest BCUT2D eigenvalue weighted by molar-refractivity contribution is 0.0697. The Labute approximate surface area is 112 Å². The van der Waals surface area contributed by atoms with Crippen LogP contribution in [0.4, 0.5) is 0 Å². The highest BCUT2D eigenvalue weighted by Gasteiger charge is 2.17. The molecule has 0 amide bonds. The van der Waals surface area contributed by atoms with Crippen molar-refractivity contribution in [2.24, 2.45) is 0 Å². The number of benzene rings is 1. The molecule has 4 heteroatoms. The summed E-state index contributed by atoms with van der Waals surface area (Å²) in [5.74, 6) is -0.911. The van der Waals surface area contributed by atoms with Gasteiger partial charge in [-0.05, 0) is 43.9 Å². The van der Waals surface area contributed by atoms with Gasteiger partial charge in [0.15, 0.2) is 0 Å². The number of hydrogen-bond donors (Lipinski definition) is 1. The van der Waals surface area contributed by atoms with Gasteiger partial charge < -0.3 is 5.11 Å². The van der Waals surface area contributed by atoms with Crippen molar-refractivity contribution < 1.29 is 9.90 Å². The van der Waals surface area contributed by atoms with Gasteiger partial charge in [-0.3, -0.25) is 9.88 Å². The van der Waals surface area contributed by atoms with Crippen LogP contribution in [0.3, 0.4) is 0 Å². The van der Waals surface area contributed by atoms with E-state index in [2.05, 4.69) is 9.88 Å². The smallest absolute Gasteiger partial charge is 0.335 e. The molecule has 98 valence electrons. The van der Waals surface area contributed by atoms with E-state index in [0.29, 0.717) is 5.56 Å². The van der Waals surface area contributed by atoms with E-state index in [9.17, 15) is 4.79 Å². The predicted molar refractivity (Wildman–Crippen MR) is 73.2 cm³/mol. The van der Waals surface area contributed by atoms with Crippen molar-refractivity contribution in [3.05, 3.63) is 65.5 Å². The Morgan fingerprint density at radius 3 is 2.32 bits per heavy atom. The lowest BCUT2D eigenvalue weighted by Crippen LogP contribution is -2.22. The third-order valence-electron chi connectivity index (χ3n) is 2.96. The molecule has 0 aliphatic rings. The van der Waals surface area contributed by atoms with Crippen LogP contribution in [-0.4, -0.2) is 35.1 Å². The predicted octanol–water partition coefficient (Wildman–Crippen LogP) is 2.43. The Bertz CT molecular complexity index is 550. The summed E-state index contributed by atoms with van der Waals surface area (Å²) in [6, 6.07) is 12.7. The van der Waals surface area contributed by atoms with Gasteiger partial charge in [0.25, 0.3) is 0 Å². The Balaban J connectivity index is 2.37. The molecule has 2 aromatic rings. The molecule has 0 spiro atoms. The van der Waals surface area contributed by atoms with Crippen LogP contribution in [0.1, 0.15) is 27.7 Å². The van der Waals surface area contributed by atoms with Gasteiger partial charge >= 0.3 is 5.97 Å². The molecule has 19 heavy (non-hydrogen) atoms. The first-order valence-electron chi connectivity index (χ1n) is 6.00. The van der Waals surface area contributed by atoms with E-state index >= 15 is 0 Å². The molecule has 1 atom stereocenters. The molecule has 1 N–H and O–H groups in total.